The molecule has 5 heteroatoms. The van der Waals surface area contributed by atoms with Crippen LogP contribution in [-0.4, -0.2) is 25.6 Å². The summed E-state index contributed by atoms with van der Waals surface area (Å²) in [6.07, 6.45) is 2.98. The molecule has 0 heterocycles. The lowest BCUT2D eigenvalue weighted by molar-refractivity contribution is -0.144. The van der Waals surface area contributed by atoms with Gasteiger partial charge in [-0.1, -0.05) is 48.5 Å². The smallest absolute Gasteiger partial charge is 0.331 e. The molecule has 0 spiro atoms. The van der Waals surface area contributed by atoms with Gasteiger partial charge in [0, 0.05) is 6.08 Å². The number of fused-ring (bicyclic) bond motifs is 1. The SMILES string of the molecule is COc1ccc2cc(/C=C/C(=O)OCC(=O)N[C@H](C)c3ccccc3)ccc2c1. The summed E-state index contributed by atoms with van der Waals surface area (Å²) in [5, 5.41) is 4.89. The van der Waals surface area contributed by atoms with Crippen LogP contribution in [0.5, 0.6) is 5.75 Å². The topological polar surface area (TPSA) is 64.6 Å². The quantitative estimate of drug-likeness (QED) is 0.484. The van der Waals surface area contributed by atoms with Crippen LogP contribution in [0.25, 0.3) is 16.8 Å². The lowest BCUT2D eigenvalue weighted by atomic mass is 10.1. The average Bonchev–Trinajstić information content (AvgIpc) is 2.76. The predicted octanol–water partition coefficient (Wildman–Crippen LogP) is 4.28. The number of benzene rings is 3. The summed E-state index contributed by atoms with van der Waals surface area (Å²) >= 11 is 0. The second-order valence-corrected chi connectivity index (χ2v) is 6.61. The van der Waals surface area contributed by atoms with Gasteiger partial charge >= 0.3 is 5.97 Å². The number of nitrogens with one attached hydrogen (secondary N) is 1. The molecule has 3 aromatic carbocycles. The highest BCUT2D eigenvalue weighted by molar-refractivity contribution is 5.91. The molecule has 0 fully saturated rings. The van der Waals surface area contributed by atoms with Crippen molar-refractivity contribution in [3.05, 3.63) is 83.9 Å². The van der Waals surface area contributed by atoms with E-state index in [2.05, 4.69) is 5.32 Å². The van der Waals surface area contributed by atoms with E-state index in [1.54, 1.807) is 13.2 Å². The van der Waals surface area contributed by atoms with E-state index >= 15 is 0 Å². The van der Waals surface area contributed by atoms with Crippen molar-refractivity contribution >= 4 is 28.7 Å². The molecule has 3 rings (SSSR count). The van der Waals surface area contributed by atoms with Crippen LogP contribution in [0.2, 0.25) is 0 Å². The van der Waals surface area contributed by atoms with Gasteiger partial charge in [-0.15, -0.1) is 0 Å². The summed E-state index contributed by atoms with van der Waals surface area (Å²) < 4.78 is 10.2. The van der Waals surface area contributed by atoms with Crippen LogP contribution in [0.4, 0.5) is 0 Å². The van der Waals surface area contributed by atoms with Crippen LogP contribution >= 0.6 is 0 Å². The lowest BCUT2D eigenvalue weighted by Crippen LogP contribution is -2.30. The summed E-state index contributed by atoms with van der Waals surface area (Å²) in [7, 11) is 1.63. The zero-order chi connectivity index (χ0) is 20.6. The Morgan fingerprint density at radius 2 is 1.72 bits per heavy atom. The van der Waals surface area contributed by atoms with E-state index < -0.39 is 5.97 Å². The number of carbonyl (C=O) groups excluding carboxylic acids is 2. The molecule has 0 saturated carbocycles. The van der Waals surface area contributed by atoms with Gasteiger partial charge < -0.3 is 14.8 Å². The molecule has 1 amide bonds. The van der Waals surface area contributed by atoms with Crippen LogP contribution < -0.4 is 10.1 Å². The van der Waals surface area contributed by atoms with Gasteiger partial charge in [-0.2, -0.15) is 0 Å². The first-order valence-corrected chi connectivity index (χ1v) is 9.32. The normalized spacial score (nSPS) is 11.9. The van der Waals surface area contributed by atoms with E-state index in [9.17, 15) is 9.59 Å². The zero-order valence-corrected chi connectivity index (χ0v) is 16.4. The van der Waals surface area contributed by atoms with Gasteiger partial charge in [-0.3, -0.25) is 4.79 Å². The van der Waals surface area contributed by atoms with Crippen LogP contribution in [0.3, 0.4) is 0 Å². The molecule has 1 atom stereocenters. The third kappa shape index (κ3) is 5.69. The van der Waals surface area contributed by atoms with Gasteiger partial charge in [0.25, 0.3) is 5.91 Å². The molecule has 0 aliphatic carbocycles. The highest BCUT2D eigenvalue weighted by Gasteiger charge is 2.10. The second-order valence-electron chi connectivity index (χ2n) is 6.61. The Bertz CT molecular complexity index is 1030. The first-order valence-electron chi connectivity index (χ1n) is 9.32. The Balaban J connectivity index is 1.51. The first-order chi connectivity index (χ1) is 14.0. The fourth-order valence-electron chi connectivity index (χ4n) is 2.93. The molecule has 0 radical (unpaired) electrons. The predicted molar refractivity (Wildman–Crippen MR) is 113 cm³/mol. The van der Waals surface area contributed by atoms with E-state index in [-0.39, 0.29) is 18.6 Å². The number of amides is 1. The van der Waals surface area contributed by atoms with E-state index in [4.69, 9.17) is 9.47 Å². The Morgan fingerprint density at radius 1 is 1.00 bits per heavy atom. The number of hydrogen-bond acceptors (Lipinski definition) is 4. The van der Waals surface area contributed by atoms with Gasteiger partial charge in [0.2, 0.25) is 0 Å². The molecular weight excluding hydrogens is 366 g/mol. The van der Waals surface area contributed by atoms with E-state index in [1.807, 2.05) is 73.7 Å². The van der Waals surface area contributed by atoms with Crippen molar-refractivity contribution in [3.63, 3.8) is 0 Å². The molecule has 0 saturated heterocycles. The highest BCUT2D eigenvalue weighted by Crippen LogP contribution is 2.22. The minimum absolute atomic E-state index is 0.158. The Labute approximate surface area is 170 Å². The van der Waals surface area contributed by atoms with Crippen molar-refractivity contribution in [3.8, 4) is 5.75 Å². The fourth-order valence-corrected chi connectivity index (χ4v) is 2.93. The molecule has 0 aromatic heterocycles. The molecular formula is C24H23NO4. The van der Waals surface area contributed by atoms with Crippen molar-refractivity contribution in [1.29, 1.82) is 0 Å². The standard InChI is InChI=1S/C24H23NO4/c1-17(19-6-4-3-5-7-19)25-23(26)16-29-24(27)13-9-18-8-10-21-15-22(28-2)12-11-20(21)14-18/h3-15,17H,16H2,1-2H3,(H,25,26)/b13-9+/t17-/m1/s1. The fraction of sp³-hybridized carbons (Fsp3) is 0.167. The third-order valence-electron chi connectivity index (χ3n) is 4.51. The van der Waals surface area contributed by atoms with Gasteiger partial charge in [-0.05, 0) is 53.1 Å². The van der Waals surface area contributed by atoms with Crippen molar-refractivity contribution in [2.24, 2.45) is 0 Å². The van der Waals surface area contributed by atoms with E-state index in [1.165, 1.54) is 6.08 Å². The van der Waals surface area contributed by atoms with E-state index in [0.717, 1.165) is 27.6 Å². The Kier molecular flexibility index (Phi) is 6.63. The summed E-state index contributed by atoms with van der Waals surface area (Å²) in [5.74, 6) is -0.116. The number of rotatable bonds is 7. The molecule has 148 valence electrons. The van der Waals surface area contributed by atoms with Crippen molar-refractivity contribution in [2.75, 3.05) is 13.7 Å². The summed E-state index contributed by atoms with van der Waals surface area (Å²) in [6, 6.07) is 21.1. The minimum atomic E-state index is -0.567. The largest absolute Gasteiger partial charge is 0.497 e. The molecule has 29 heavy (non-hydrogen) atoms. The number of hydrogen-bond donors (Lipinski definition) is 1. The minimum Gasteiger partial charge on any atom is -0.497 e. The Hall–Kier alpha value is -3.60. The van der Waals surface area contributed by atoms with Crippen molar-refractivity contribution in [2.45, 2.75) is 13.0 Å². The van der Waals surface area contributed by atoms with Gasteiger partial charge in [0.05, 0.1) is 13.2 Å². The van der Waals surface area contributed by atoms with Crippen LogP contribution in [0, 0.1) is 0 Å². The molecule has 5 nitrogen and oxygen atoms in total. The molecule has 3 aromatic rings. The molecule has 0 unspecified atom stereocenters. The molecule has 1 N–H and O–H groups in total. The van der Waals surface area contributed by atoms with Crippen LogP contribution in [0.1, 0.15) is 24.1 Å². The molecule has 0 aliphatic rings. The van der Waals surface area contributed by atoms with Gasteiger partial charge in [-0.25, -0.2) is 4.79 Å². The summed E-state index contributed by atoms with van der Waals surface area (Å²) in [5.41, 5.74) is 1.85. The van der Waals surface area contributed by atoms with E-state index in [0.29, 0.717) is 0 Å². The summed E-state index contributed by atoms with van der Waals surface area (Å²) in [4.78, 5) is 23.9. The lowest BCUT2D eigenvalue weighted by Gasteiger charge is -2.13. The second kappa shape index (κ2) is 9.55. The van der Waals surface area contributed by atoms with Gasteiger partial charge in [0.1, 0.15) is 5.75 Å². The average molecular weight is 389 g/mol. The summed E-state index contributed by atoms with van der Waals surface area (Å²) in [6.45, 7) is 1.56. The van der Waals surface area contributed by atoms with Crippen molar-refractivity contribution in [1.82, 2.24) is 5.32 Å². The number of carbonyl (C=O) groups is 2. The maximum Gasteiger partial charge on any atom is 0.331 e. The van der Waals surface area contributed by atoms with Gasteiger partial charge in [0.15, 0.2) is 6.61 Å². The molecule has 0 aliphatic heterocycles. The number of methoxy groups -OCH3 is 1. The Morgan fingerprint density at radius 3 is 2.48 bits per heavy atom. The van der Waals surface area contributed by atoms with Crippen LogP contribution in [0.15, 0.2) is 72.8 Å². The highest BCUT2D eigenvalue weighted by atomic mass is 16.5. The van der Waals surface area contributed by atoms with Crippen molar-refractivity contribution < 1.29 is 19.1 Å². The first kappa shape index (κ1) is 20.1. The number of ether oxygens (including phenoxy) is 2. The maximum absolute atomic E-state index is 12.0. The molecule has 0 bridgehead atoms. The monoisotopic (exact) mass is 389 g/mol. The number of esters is 1. The van der Waals surface area contributed by atoms with Crippen LogP contribution in [-0.2, 0) is 14.3 Å². The maximum atomic E-state index is 12.0. The zero-order valence-electron chi connectivity index (χ0n) is 16.4. The third-order valence-corrected chi connectivity index (χ3v) is 4.51.